The first-order valence-corrected chi connectivity index (χ1v) is 8.55. The third kappa shape index (κ3) is 3.45. The van der Waals surface area contributed by atoms with Crippen molar-refractivity contribution in [3.8, 4) is 0 Å². The Kier molecular flexibility index (Phi) is 4.48. The van der Waals surface area contributed by atoms with Crippen molar-refractivity contribution < 1.29 is 14.7 Å². The highest BCUT2D eigenvalue weighted by Gasteiger charge is 2.45. The largest absolute Gasteiger partial charge is 0.481 e. The minimum absolute atomic E-state index is 0.0161. The number of aliphatic carboxylic acids is 1. The molecule has 0 saturated heterocycles. The number of hydrogen-bond acceptors (Lipinski definition) is 3. The maximum absolute atomic E-state index is 12.3. The Morgan fingerprint density at radius 2 is 2.04 bits per heavy atom. The number of carboxylic acid groups (broad SMARTS) is 1. The molecule has 0 aliphatic heterocycles. The molecular formula is C18H19NO3S. The average molecular weight is 329 g/mol. The second kappa shape index (κ2) is 6.54. The summed E-state index contributed by atoms with van der Waals surface area (Å²) < 4.78 is 0. The number of carboxylic acids is 1. The fraction of sp³-hybridized carbons (Fsp3) is 0.333. The molecule has 1 heterocycles. The number of amides is 1. The normalized spacial score (nSPS) is 20.7. The van der Waals surface area contributed by atoms with E-state index in [-0.39, 0.29) is 18.4 Å². The van der Waals surface area contributed by atoms with Gasteiger partial charge in [-0.25, -0.2) is 0 Å². The molecule has 5 heteroatoms. The van der Waals surface area contributed by atoms with Crippen LogP contribution in [0.2, 0.25) is 0 Å². The first-order valence-electron chi connectivity index (χ1n) is 7.67. The van der Waals surface area contributed by atoms with Gasteiger partial charge in [0, 0.05) is 23.3 Å². The zero-order chi connectivity index (χ0) is 16.4. The van der Waals surface area contributed by atoms with E-state index in [4.69, 9.17) is 0 Å². The number of aryl methyl sites for hydroxylation is 1. The lowest BCUT2D eigenvalue weighted by Crippen LogP contribution is -2.32. The van der Waals surface area contributed by atoms with E-state index >= 15 is 0 Å². The molecule has 0 spiro atoms. The number of nitrogens with one attached hydrogen (secondary N) is 1. The molecule has 1 fully saturated rings. The van der Waals surface area contributed by atoms with E-state index < -0.39 is 11.9 Å². The predicted molar refractivity (Wildman–Crippen MR) is 89.7 cm³/mol. The summed E-state index contributed by atoms with van der Waals surface area (Å²) in [6.45, 7) is 2.19. The molecular weight excluding hydrogens is 310 g/mol. The number of rotatable bonds is 6. The molecule has 1 aromatic carbocycles. The van der Waals surface area contributed by atoms with Crippen LogP contribution in [0.3, 0.4) is 0 Å². The van der Waals surface area contributed by atoms with Crippen LogP contribution < -0.4 is 5.32 Å². The summed E-state index contributed by atoms with van der Waals surface area (Å²) in [4.78, 5) is 25.0. The summed E-state index contributed by atoms with van der Waals surface area (Å²) in [5.74, 6) is -1.38. The summed E-state index contributed by atoms with van der Waals surface area (Å²) in [5, 5.41) is 14.3. The molecule has 3 atom stereocenters. The standard InChI is InChI=1S/C18H19NO3S/c1-11-7-8-23-16(11)13-9-14(13)17(20)19-10-15(18(21)22)12-5-3-2-4-6-12/h2-8,13-15H,9-10H2,1H3,(H,19,20)(H,21,22). The van der Waals surface area contributed by atoms with Crippen LogP contribution in [0.1, 0.15) is 34.3 Å². The third-order valence-corrected chi connectivity index (χ3v) is 5.50. The Morgan fingerprint density at radius 3 is 2.65 bits per heavy atom. The van der Waals surface area contributed by atoms with Crippen molar-refractivity contribution >= 4 is 23.2 Å². The van der Waals surface area contributed by atoms with E-state index in [1.54, 1.807) is 23.5 Å². The highest BCUT2D eigenvalue weighted by Crippen LogP contribution is 2.50. The van der Waals surface area contributed by atoms with E-state index in [0.717, 1.165) is 6.42 Å². The zero-order valence-corrected chi connectivity index (χ0v) is 13.7. The summed E-state index contributed by atoms with van der Waals surface area (Å²) in [5.41, 5.74) is 1.95. The van der Waals surface area contributed by atoms with Gasteiger partial charge in [-0.15, -0.1) is 11.3 Å². The molecule has 1 saturated carbocycles. The first kappa shape index (κ1) is 15.7. The molecule has 1 aromatic heterocycles. The Labute approximate surface area is 139 Å². The summed E-state index contributed by atoms with van der Waals surface area (Å²) >= 11 is 1.69. The quantitative estimate of drug-likeness (QED) is 0.855. The van der Waals surface area contributed by atoms with Gasteiger partial charge in [0.25, 0.3) is 0 Å². The Hall–Kier alpha value is -2.14. The summed E-state index contributed by atoms with van der Waals surface area (Å²) in [6.07, 6.45) is 0.857. The highest BCUT2D eigenvalue weighted by molar-refractivity contribution is 7.10. The maximum Gasteiger partial charge on any atom is 0.312 e. The van der Waals surface area contributed by atoms with Crippen molar-refractivity contribution in [2.75, 3.05) is 6.54 Å². The van der Waals surface area contributed by atoms with Crippen molar-refractivity contribution in [3.63, 3.8) is 0 Å². The monoisotopic (exact) mass is 329 g/mol. The van der Waals surface area contributed by atoms with Gasteiger partial charge in [-0.3, -0.25) is 9.59 Å². The molecule has 120 valence electrons. The minimum atomic E-state index is -0.919. The lowest BCUT2D eigenvalue weighted by molar-refractivity contribution is -0.138. The van der Waals surface area contributed by atoms with Gasteiger partial charge in [0.2, 0.25) is 5.91 Å². The maximum atomic E-state index is 12.3. The van der Waals surface area contributed by atoms with E-state index in [2.05, 4.69) is 18.3 Å². The molecule has 2 aromatic rings. The van der Waals surface area contributed by atoms with Crippen LogP contribution in [-0.2, 0) is 9.59 Å². The number of thiophene rings is 1. The Morgan fingerprint density at radius 1 is 1.30 bits per heavy atom. The van der Waals surface area contributed by atoms with Crippen LogP contribution in [0.15, 0.2) is 41.8 Å². The zero-order valence-electron chi connectivity index (χ0n) is 12.9. The molecule has 1 aliphatic rings. The molecule has 1 amide bonds. The Bertz CT molecular complexity index is 710. The average Bonchev–Trinajstić information content (AvgIpc) is 3.22. The first-order chi connectivity index (χ1) is 11.1. The van der Waals surface area contributed by atoms with Gasteiger partial charge < -0.3 is 10.4 Å². The second-order valence-corrected chi connectivity index (χ2v) is 6.91. The fourth-order valence-electron chi connectivity index (χ4n) is 2.91. The van der Waals surface area contributed by atoms with Gasteiger partial charge in [0.05, 0.1) is 5.92 Å². The number of carbonyl (C=O) groups is 2. The van der Waals surface area contributed by atoms with Gasteiger partial charge in [-0.05, 0) is 35.9 Å². The van der Waals surface area contributed by atoms with E-state index in [0.29, 0.717) is 11.5 Å². The third-order valence-electron chi connectivity index (χ3n) is 4.35. The lowest BCUT2D eigenvalue weighted by atomic mass is 9.99. The molecule has 23 heavy (non-hydrogen) atoms. The van der Waals surface area contributed by atoms with Gasteiger partial charge in [-0.2, -0.15) is 0 Å². The number of hydrogen-bond donors (Lipinski definition) is 2. The van der Waals surface area contributed by atoms with Crippen molar-refractivity contribution in [2.45, 2.75) is 25.2 Å². The van der Waals surface area contributed by atoms with Crippen LogP contribution in [0.4, 0.5) is 0 Å². The van der Waals surface area contributed by atoms with E-state index in [1.165, 1.54) is 10.4 Å². The van der Waals surface area contributed by atoms with Gasteiger partial charge in [0.1, 0.15) is 0 Å². The van der Waals surface area contributed by atoms with Crippen molar-refractivity contribution in [1.29, 1.82) is 0 Å². The van der Waals surface area contributed by atoms with Gasteiger partial charge >= 0.3 is 5.97 Å². The van der Waals surface area contributed by atoms with Crippen LogP contribution >= 0.6 is 11.3 Å². The molecule has 3 unspecified atom stereocenters. The van der Waals surface area contributed by atoms with Crippen molar-refractivity contribution in [2.24, 2.45) is 5.92 Å². The molecule has 3 rings (SSSR count). The summed E-state index contributed by atoms with van der Waals surface area (Å²) in [6, 6.07) is 11.1. The van der Waals surface area contributed by atoms with Crippen LogP contribution in [0.5, 0.6) is 0 Å². The molecule has 0 bridgehead atoms. The van der Waals surface area contributed by atoms with Crippen LogP contribution in [0.25, 0.3) is 0 Å². The second-order valence-electron chi connectivity index (χ2n) is 5.96. The smallest absolute Gasteiger partial charge is 0.312 e. The molecule has 1 aliphatic carbocycles. The van der Waals surface area contributed by atoms with E-state index in [9.17, 15) is 14.7 Å². The molecule has 0 radical (unpaired) electrons. The number of carbonyl (C=O) groups excluding carboxylic acids is 1. The fourth-order valence-corrected chi connectivity index (χ4v) is 4.01. The number of benzene rings is 1. The van der Waals surface area contributed by atoms with E-state index in [1.807, 2.05) is 23.6 Å². The van der Waals surface area contributed by atoms with Gasteiger partial charge in [-0.1, -0.05) is 30.3 Å². The highest BCUT2D eigenvalue weighted by atomic mass is 32.1. The molecule has 2 N–H and O–H groups in total. The van der Waals surface area contributed by atoms with Crippen LogP contribution in [-0.4, -0.2) is 23.5 Å². The molecule has 4 nitrogen and oxygen atoms in total. The minimum Gasteiger partial charge on any atom is -0.481 e. The topological polar surface area (TPSA) is 66.4 Å². The van der Waals surface area contributed by atoms with Crippen molar-refractivity contribution in [3.05, 3.63) is 57.8 Å². The van der Waals surface area contributed by atoms with Crippen LogP contribution in [0, 0.1) is 12.8 Å². The van der Waals surface area contributed by atoms with Crippen molar-refractivity contribution in [1.82, 2.24) is 5.32 Å². The predicted octanol–water partition coefficient (Wildman–Crippen LogP) is 3.14. The lowest BCUT2D eigenvalue weighted by Gasteiger charge is -2.13. The Balaban J connectivity index is 1.59. The SMILES string of the molecule is Cc1ccsc1C1CC1C(=O)NCC(C(=O)O)c1ccccc1. The summed E-state index contributed by atoms with van der Waals surface area (Å²) in [7, 11) is 0. The van der Waals surface area contributed by atoms with Gasteiger partial charge in [0.15, 0.2) is 0 Å².